The number of halogens is 2. The van der Waals surface area contributed by atoms with Crippen LogP contribution in [0.3, 0.4) is 0 Å². The number of ether oxygens (including phenoxy) is 1. The Kier molecular flexibility index (Phi) is 12.9. The molecule has 2 aromatic carbocycles. The molecule has 0 saturated heterocycles. The van der Waals surface area contributed by atoms with Crippen molar-refractivity contribution in [2.45, 2.75) is 82.1 Å². The standard InChI is InChI=1S/C36H37Cl2N5O11/c37-23-10-6-11-24(38)32(23)34(51)54-19-28(44)25(17-31(48)49)40-33(50)27-16-21-9-4-5-12-26(21)42-35(52)41(36(53)43(27)42)18-22(13-14-30(46)47)39-29(45)15-20-7-2-1-3-8-20/h1-3,6-8,10-11,16,22,25-27H,4-5,9,12-15,17-19H2,(H,39,45)(H,40,50)(H,46,47)(H,48,49)/t22?,25-,26?,27?/m0/s1. The first-order valence-corrected chi connectivity index (χ1v) is 17.9. The highest BCUT2D eigenvalue weighted by Gasteiger charge is 2.39. The van der Waals surface area contributed by atoms with E-state index >= 15 is 0 Å². The number of fused-ring (bicyclic) bond motifs is 3. The number of carbonyl (C=O) groups excluding carboxylic acids is 4. The molecule has 1 aliphatic carbocycles. The minimum absolute atomic E-state index is 0.0364. The van der Waals surface area contributed by atoms with Gasteiger partial charge in [0.1, 0.15) is 6.04 Å². The molecule has 5 rings (SSSR count). The number of nitrogens with one attached hydrogen (secondary N) is 2. The first-order valence-electron chi connectivity index (χ1n) is 17.1. The number of allylic oxidation sites excluding steroid dienone is 1. The predicted molar refractivity (Wildman–Crippen MR) is 192 cm³/mol. The molecule has 4 N–H and O–H groups in total. The average molecular weight is 787 g/mol. The van der Waals surface area contributed by atoms with Gasteiger partial charge in [-0.25, -0.2) is 28.3 Å². The largest absolute Gasteiger partial charge is 0.481 e. The number of rotatable bonds is 16. The quantitative estimate of drug-likeness (QED) is 0.122. The molecular weight excluding hydrogens is 749 g/mol. The molecule has 0 bridgehead atoms. The van der Waals surface area contributed by atoms with Crippen LogP contribution >= 0.6 is 23.2 Å². The number of carboxylic acids is 2. The van der Waals surface area contributed by atoms with Gasteiger partial charge in [0.25, 0.3) is 0 Å². The highest BCUT2D eigenvalue weighted by atomic mass is 35.5. The van der Waals surface area contributed by atoms with Crippen LogP contribution < -0.4 is 22.0 Å². The Bertz CT molecular complexity index is 2090. The van der Waals surface area contributed by atoms with Crippen LogP contribution in [0.4, 0.5) is 0 Å². The summed E-state index contributed by atoms with van der Waals surface area (Å²) in [6.07, 6.45) is 2.50. The van der Waals surface area contributed by atoms with Crippen LogP contribution in [-0.4, -0.2) is 78.3 Å². The fourth-order valence-corrected chi connectivity index (χ4v) is 7.18. The van der Waals surface area contributed by atoms with E-state index < -0.39 is 90.6 Å². The van der Waals surface area contributed by atoms with Gasteiger partial charge < -0.3 is 25.6 Å². The van der Waals surface area contributed by atoms with Crippen molar-refractivity contribution in [3.05, 3.63) is 102 Å². The van der Waals surface area contributed by atoms with Gasteiger partial charge in [-0.05, 0) is 55.0 Å². The van der Waals surface area contributed by atoms with Gasteiger partial charge in [-0.15, -0.1) is 0 Å². The molecule has 3 aromatic rings. The van der Waals surface area contributed by atoms with E-state index in [4.69, 9.17) is 27.9 Å². The Morgan fingerprint density at radius 2 is 1.56 bits per heavy atom. The van der Waals surface area contributed by atoms with Crippen molar-refractivity contribution >= 4 is 58.7 Å². The summed E-state index contributed by atoms with van der Waals surface area (Å²) in [4.78, 5) is 104. The summed E-state index contributed by atoms with van der Waals surface area (Å²) in [5, 5.41) is 23.9. The monoisotopic (exact) mass is 785 g/mol. The molecule has 3 unspecified atom stereocenters. The number of aromatic nitrogens is 3. The number of nitrogens with zero attached hydrogens (tertiary/aromatic N) is 3. The van der Waals surface area contributed by atoms with Crippen molar-refractivity contribution in [3.8, 4) is 0 Å². The smallest absolute Gasteiger partial charge is 0.348 e. The molecule has 2 aliphatic rings. The van der Waals surface area contributed by atoms with Gasteiger partial charge in [0.15, 0.2) is 18.4 Å². The summed E-state index contributed by atoms with van der Waals surface area (Å²) in [5.74, 6) is -6.12. The van der Waals surface area contributed by atoms with Crippen LogP contribution in [0.2, 0.25) is 10.0 Å². The van der Waals surface area contributed by atoms with Crippen LogP contribution in [-0.2, 0) is 41.7 Å². The number of benzene rings is 2. The second kappa shape index (κ2) is 17.6. The number of ketones is 1. The van der Waals surface area contributed by atoms with Gasteiger partial charge in [0.2, 0.25) is 11.8 Å². The van der Waals surface area contributed by atoms with Gasteiger partial charge in [-0.3, -0.25) is 24.0 Å². The summed E-state index contributed by atoms with van der Waals surface area (Å²) in [6, 6.07) is 8.25. The molecule has 0 radical (unpaired) electrons. The van der Waals surface area contributed by atoms with Crippen molar-refractivity contribution in [1.82, 2.24) is 24.6 Å². The molecule has 4 atom stereocenters. The minimum atomic E-state index is -1.72. The van der Waals surface area contributed by atoms with Crippen LogP contribution in [0, 0.1) is 0 Å². The third-order valence-electron chi connectivity index (χ3n) is 9.18. The zero-order valence-corrected chi connectivity index (χ0v) is 30.3. The van der Waals surface area contributed by atoms with E-state index in [1.165, 1.54) is 24.3 Å². The number of amides is 2. The molecule has 54 heavy (non-hydrogen) atoms. The number of carboxylic acid groups (broad SMARTS) is 2. The molecule has 2 heterocycles. The van der Waals surface area contributed by atoms with Gasteiger partial charge in [0.05, 0.1) is 41.0 Å². The molecule has 286 valence electrons. The molecule has 18 heteroatoms. The van der Waals surface area contributed by atoms with Crippen LogP contribution in [0.15, 0.2) is 69.8 Å². The molecular formula is C36H37Cl2N5O11. The van der Waals surface area contributed by atoms with E-state index in [1.54, 1.807) is 30.3 Å². The summed E-state index contributed by atoms with van der Waals surface area (Å²) in [7, 11) is 0. The third kappa shape index (κ3) is 9.35. The molecule has 1 saturated carbocycles. The molecule has 1 aromatic heterocycles. The fourth-order valence-electron chi connectivity index (χ4n) is 6.63. The Labute approximate surface area is 317 Å². The summed E-state index contributed by atoms with van der Waals surface area (Å²) >= 11 is 12.1. The first kappa shape index (κ1) is 39.7. The lowest BCUT2D eigenvalue weighted by molar-refractivity contribution is -0.141. The van der Waals surface area contributed by atoms with Crippen LogP contribution in [0.5, 0.6) is 0 Å². The Balaban J connectivity index is 1.41. The van der Waals surface area contributed by atoms with Crippen molar-refractivity contribution in [3.63, 3.8) is 0 Å². The molecule has 0 spiro atoms. The zero-order chi connectivity index (χ0) is 39.1. The Hall–Kier alpha value is -5.48. The minimum Gasteiger partial charge on any atom is -0.481 e. The topological polar surface area (TPSA) is 225 Å². The first-order chi connectivity index (χ1) is 25.7. The van der Waals surface area contributed by atoms with Crippen molar-refractivity contribution < 1.29 is 43.7 Å². The Morgan fingerprint density at radius 1 is 0.870 bits per heavy atom. The van der Waals surface area contributed by atoms with Crippen LogP contribution in [0.1, 0.15) is 73.0 Å². The number of carbonyl (C=O) groups is 6. The normalized spacial score (nSPS) is 17.2. The second-order valence-electron chi connectivity index (χ2n) is 13.0. The van der Waals surface area contributed by atoms with Crippen molar-refractivity contribution in [2.75, 3.05) is 6.61 Å². The van der Waals surface area contributed by atoms with E-state index in [1.807, 2.05) is 0 Å². The van der Waals surface area contributed by atoms with Crippen molar-refractivity contribution in [1.29, 1.82) is 0 Å². The average Bonchev–Trinajstić information content (AvgIpc) is 3.37. The highest BCUT2D eigenvalue weighted by molar-refractivity contribution is 6.39. The van der Waals surface area contributed by atoms with Crippen molar-refractivity contribution in [2.24, 2.45) is 0 Å². The highest BCUT2D eigenvalue weighted by Crippen LogP contribution is 2.37. The molecule has 1 aliphatic heterocycles. The predicted octanol–water partition coefficient (Wildman–Crippen LogP) is 2.69. The number of aliphatic carboxylic acids is 2. The maximum Gasteiger partial charge on any atom is 0.348 e. The molecule has 16 nitrogen and oxygen atoms in total. The van der Waals surface area contributed by atoms with Gasteiger partial charge in [-0.2, -0.15) is 0 Å². The van der Waals surface area contributed by atoms with E-state index in [0.717, 1.165) is 26.8 Å². The number of esters is 1. The van der Waals surface area contributed by atoms with E-state index in [9.17, 15) is 48.6 Å². The SMILES string of the molecule is O=C(O)CCC(Cn1c(=O)n2n(c1=O)C1CCCCC1=CC2C(=O)N[C@@H](CC(=O)O)C(=O)COC(=O)c1c(Cl)cccc1Cl)NC(=O)Cc1ccccc1. The van der Waals surface area contributed by atoms with Gasteiger partial charge in [0, 0.05) is 12.5 Å². The summed E-state index contributed by atoms with van der Waals surface area (Å²) in [5.41, 5.74) is -0.574. The molecule has 1 fully saturated rings. The maximum absolute atomic E-state index is 14.1. The Morgan fingerprint density at radius 3 is 2.22 bits per heavy atom. The lowest BCUT2D eigenvalue weighted by Gasteiger charge is -2.34. The third-order valence-corrected chi connectivity index (χ3v) is 9.81. The van der Waals surface area contributed by atoms with E-state index in [-0.39, 0.29) is 34.9 Å². The molecule has 2 amide bonds. The van der Waals surface area contributed by atoms with E-state index in [2.05, 4.69) is 10.6 Å². The lowest BCUT2D eigenvalue weighted by atomic mass is 9.87. The van der Waals surface area contributed by atoms with E-state index in [0.29, 0.717) is 24.0 Å². The zero-order valence-electron chi connectivity index (χ0n) is 28.7. The maximum atomic E-state index is 14.1. The summed E-state index contributed by atoms with van der Waals surface area (Å²) in [6.45, 7) is -1.36. The number of Topliss-reactive ketones (excluding diaryl/α,β-unsaturated/α-hetero) is 1. The lowest BCUT2D eigenvalue weighted by Crippen LogP contribution is -2.50. The van der Waals surface area contributed by atoms with Crippen LogP contribution in [0.25, 0.3) is 0 Å². The second-order valence-corrected chi connectivity index (χ2v) is 13.8. The fraction of sp³-hybridized carbons (Fsp3) is 0.389. The number of hydrogen-bond donors (Lipinski definition) is 4. The van der Waals surface area contributed by atoms with Gasteiger partial charge in [-0.1, -0.05) is 66.0 Å². The summed E-state index contributed by atoms with van der Waals surface area (Å²) < 4.78 is 7.97. The van der Waals surface area contributed by atoms with Gasteiger partial charge >= 0.3 is 29.3 Å². The number of hydrogen-bond acceptors (Lipinski definition) is 9.